The number of rotatable bonds is 3. The fraction of sp³-hybridized carbons (Fsp3) is 0.467. The van der Waals surface area contributed by atoms with Crippen LogP contribution in [0.5, 0.6) is 0 Å². The third kappa shape index (κ3) is 3.92. The smallest absolute Gasteiger partial charge is 0.281 e. The van der Waals surface area contributed by atoms with Crippen molar-refractivity contribution < 1.29 is 13.2 Å². The number of nitrogens with zero attached hydrogens (tertiary/aromatic N) is 1. The zero-order valence-corrected chi connectivity index (χ0v) is 15.4. The third-order valence-electron chi connectivity index (χ3n) is 4.22. The summed E-state index contributed by atoms with van der Waals surface area (Å²) in [7, 11) is -3.48. The van der Waals surface area contributed by atoms with Crippen LogP contribution in [0.4, 0.5) is 0 Å². The Kier molecular flexibility index (Phi) is 5.15. The normalized spacial score (nSPS) is 21.2. The number of hydrogen-bond donors (Lipinski definition) is 2. The van der Waals surface area contributed by atoms with E-state index >= 15 is 0 Å². The first-order chi connectivity index (χ1) is 10.6. The van der Waals surface area contributed by atoms with Crippen LogP contribution in [0.2, 0.25) is 0 Å². The predicted molar refractivity (Wildman–Crippen MR) is 93.1 cm³/mol. The van der Waals surface area contributed by atoms with E-state index in [2.05, 4.69) is 27.8 Å². The molecule has 23 heavy (non-hydrogen) atoms. The van der Waals surface area contributed by atoms with Crippen LogP contribution in [0.25, 0.3) is 0 Å². The van der Waals surface area contributed by atoms with Crippen LogP contribution in [-0.2, 0) is 9.84 Å². The molecule has 1 aliphatic carbocycles. The number of guanidine groups is 1. The Morgan fingerprint density at radius 2 is 1.96 bits per heavy atom. The molecule has 0 heterocycles. The molecule has 8 heteroatoms. The second-order valence-electron chi connectivity index (χ2n) is 6.00. The van der Waals surface area contributed by atoms with Crippen LogP contribution >= 0.6 is 15.9 Å². The molecule has 1 aromatic carbocycles. The van der Waals surface area contributed by atoms with Gasteiger partial charge in [-0.15, -0.1) is 0 Å². The molecule has 0 aromatic heterocycles. The van der Waals surface area contributed by atoms with E-state index in [4.69, 9.17) is 11.5 Å². The van der Waals surface area contributed by atoms with Crippen LogP contribution in [0, 0.1) is 5.92 Å². The molecule has 0 spiro atoms. The zero-order chi connectivity index (χ0) is 17.4. The van der Waals surface area contributed by atoms with E-state index in [-0.39, 0.29) is 22.3 Å². The molecule has 1 amide bonds. The van der Waals surface area contributed by atoms with Gasteiger partial charge in [0, 0.05) is 10.7 Å². The predicted octanol–water partition coefficient (Wildman–Crippen LogP) is 2.17. The minimum Gasteiger partial charge on any atom is -0.370 e. The Morgan fingerprint density at radius 3 is 2.43 bits per heavy atom. The molecular weight excluding hydrogens is 382 g/mol. The summed E-state index contributed by atoms with van der Waals surface area (Å²) in [5.74, 6) is -0.464. The first-order valence-electron chi connectivity index (χ1n) is 7.28. The number of amides is 1. The van der Waals surface area contributed by atoms with Gasteiger partial charge in [0.05, 0.1) is 10.5 Å². The summed E-state index contributed by atoms with van der Waals surface area (Å²) < 4.78 is 24.9. The molecule has 0 aliphatic heterocycles. The van der Waals surface area contributed by atoms with Crippen molar-refractivity contribution in [3.8, 4) is 0 Å². The molecule has 1 aliphatic rings. The first kappa shape index (κ1) is 17.9. The Hall–Kier alpha value is -1.41. The summed E-state index contributed by atoms with van der Waals surface area (Å²) in [6.07, 6.45) is 4.23. The quantitative estimate of drug-likeness (QED) is 0.594. The Bertz CT molecular complexity index is 770. The van der Waals surface area contributed by atoms with Crippen molar-refractivity contribution in [1.82, 2.24) is 0 Å². The highest BCUT2D eigenvalue weighted by molar-refractivity contribution is 9.10. The molecule has 1 fully saturated rings. The standard InChI is InChI=1S/C15H20BrN3O3S/c1-8-4-3-5-9(8)10-6-12(16)11(14(20)19-15(17)18)7-13(10)23(2,21)22/h6-9H,3-5H2,1-2H3,(H4,17,18,19,20). The highest BCUT2D eigenvalue weighted by Gasteiger charge is 2.30. The van der Waals surface area contributed by atoms with Gasteiger partial charge in [-0.1, -0.05) is 19.8 Å². The molecule has 0 saturated heterocycles. The Morgan fingerprint density at radius 1 is 1.30 bits per heavy atom. The maximum Gasteiger partial charge on any atom is 0.281 e. The molecule has 2 unspecified atom stereocenters. The molecule has 2 atom stereocenters. The van der Waals surface area contributed by atoms with Crippen LogP contribution in [0.15, 0.2) is 26.5 Å². The summed E-state index contributed by atoms with van der Waals surface area (Å²) in [6, 6.07) is 3.09. The highest BCUT2D eigenvalue weighted by Crippen LogP contribution is 2.43. The van der Waals surface area contributed by atoms with Gasteiger partial charge >= 0.3 is 0 Å². The summed E-state index contributed by atoms with van der Waals surface area (Å²) in [6.45, 7) is 2.12. The Balaban J connectivity index is 2.64. The number of benzene rings is 1. The summed E-state index contributed by atoms with van der Waals surface area (Å²) >= 11 is 3.34. The summed E-state index contributed by atoms with van der Waals surface area (Å²) in [5.41, 5.74) is 11.3. The molecule has 4 N–H and O–H groups in total. The van der Waals surface area contributed by atoms with Crippen LogP contribution in [0.1, 0.15) is 48.0 Å². The van der Waals surface area contributed by atoms with Gasteiger partial charge < -0.3 is 11.5 Å². The molecule has 1 saturated carbocycles. The number of carbonyl (C=O) groups is 1. The van der Waals surface area contributed by atoms with Crippen molar-refractivity contribution >= 4 is 37.6 Å². The second-order valence-corrected chi connectivity index (χ2v) is 8.84. The lowest BCUT2D eigenvalue weighted by atomic mass is 9.89. The van der Waals surface area contributed by atoms with E-state index < -0.39 is 15.7 Å². The maximum absolute atomic E-state index is 12.2. The van der Waals surface area contributed by atoms with E-state index in [0.717, 1.165) is 31.1 Å². The maximum atomic E-state index is 12.2. The second kappa shape index (κ2) is 6.60. The minimum atomic E-state index is -3.48. The van der Waals surface area contributed by atoms with Crippen LogP contribution < -0.4 is 11.5 Å². The van der Waals surface area contributed by atoms with Gasteiger partial charge in [0.15, 0.2) is 15.8 Å². The number of sulfone groups is 1. The molecule has 6 nitrogen and oxygen atoms in total. The van der Waals surface area contributed by atoms with Gasteiger partial charge in [-0.05, 0) is 51.9 Å². The molecule has 2 rings (SSSR count). The van der Waals surface area contributed by atoms with E-state index in [0.29, 0.717) is 10.4 Å². The number of aliphatic imine (C=N–C) groups is 1. The van der Waals surface area contributed by atoms with Crippen molar-refractivity contribution in [2.24, 2.45) is 22.4 Å². The van der Waals surface area contributed by atoms with E-state index in [1.807, 2.05) is 0 Å². The van der Waals surface area contributed by atoms with Crippen LogP contribution in [0.3, 0.4) is 0 Å². The fourth-order valence-electron chi connectivity index (χ4n) is 3.13. The topological polar surface area (TPSA) is 116 Å². The fourth-order valence-corrected chi connectivity index (χ4v) is 4.63. The molecule has 0 bridgehead atoms. The van der Waals surface area contributed by atoms with E-state index in [1.165, 1.54) is 6.07 Å². The van der Waals surface area contributed by atoms with Crippen LogP contribution in [-0.4, -0.2) is 26.5 Å². The van der Waals surface area contributed by atoms with Crippen molar-refractivity contribution in [3.05, 3.63) is 27.7 Å². The number of hydrogen-bond acceptors (Lipinski definition) is 3. The van der Waals surface area contributed by atoms with Crippen molar-refractivity contribution in [1.29, 1.82) is 0 Å². The highest BCUT2D eigenvalue weighted by atomic mass is 79.9. The van der Waals surface area contributed by atoms with Gasteiger partial charge in [-0.25, -0.2) is 8.42 Å². The lowest BCUT2D eigenvalue weighted by Crippen LogP contribution is -2.24. The van der Waals surface area contributed by atoms with Gasteiger partial charge in [0.1, 0.15) is 0 Å². The lowest BCUT2D eigenvalue weighted by molar-refractivity contribution is 0.100. The van der Waals surface area contributed by atoms with Crippen molar-refractivity contribution in [3.63, 3.8) is 0 Å². The zero-order valence-electron chi connectivity index (χ0n) is 13.0. The van der Waals surface area contributed by atoms with Gasteiger partial charge in [0.25, 0.3) is 5.91 Å². The van der Waals surface area contributed by atoms with Crippen molar-refractivity contribution in [2.75, 3.05) is 6.26 Å². The van der Waals surface area contributed by atoms with E-state index in [9.17, 15) is 13.2 Å². The summed E-state index contributed by atoms with van der Waals surface area (Å²) in [5, 5.41) is 0. The molecule has 126 valence electrons. The van der Waals surface area contributed by atoms with Gasteiger partial charge in [-0.3, -0.25) is 4.79 Å². The van der Waals surface area contributed by atoms with E-state index in [1.54, 1.807) is 6.07 Å². The number of nitrogens with two attached hydrogens (primary N) is 2. The lowest BCUT2D eigenvalue weighted by Gasteiger charge is -2.20. The average Bonchev–Trinajstić information content (AvgIpc) is 2.82. The molecular formula is C15H20BrN3O3S. The largest absolute Gasteiger partial charge is 0.370 e. The molecule has 0 radical (unpaired) electrons. The monoisotopic (exact) mass is 401 g/mol. The number of carbonyl (C=O) groups excluding carboxylic acids is 1. The first-order valence-corrected chi connectivity index (χ1v) is 9.97. The van der Waals surface area contributed by atoms with Gasteiger partial charge in [-0.2, -0.15) is 4.99 Å². The summed E-state index contributed by atoms with van der Waals surface area (Å²) in [4.78, 5) is 15.7. The molecule has 1 aromatic rings. The van der Waals surface area contributed by atoms with Gasteiger partial charge in [0.2, 0.25) is 0 Å². The number of halogens is 1. The Labute approximate surface area is 144 Å². The average molecular weight is 402 g/mol. The van der Waals surface area contributed by atoms with Crippen molar-refractivity contribution in [2.45, 2.75) is 37.0 Å². The minimum absolute atomic E-state index is 0.133. The SMILES string of the molecule is CC1CCCC1c1cc(Br)c(C(=O)N=C(N)N)cc1S(C)(=O)=O. The third-order valence-corrected chi connectivity index (χ3v) is 6.03.